The molecule has 1 aromatic rings. The quantitative estimate of drug-likeness (QED) is 0.0991. The van der Waals surface area contributed by atoms with E-state index in [1.807, 2.05) is 5.32 Å². The molecule has 0 heterocycles. The summed E-state index contributed by atoms with van der Waals surface area (Å²) >= 11 is 0. The van der Waals surface area contributed by atoms with Crippen molar-refractivity contribution in [3.63, 3.8) is 0 Å². The largest absolute Gasteiger partial charge is 0.743 e. The summed E-state index contributed by atoms with van der Waals surface area (Å²) in [4.78, 5) is 24.4. The maximum atomic E-state index is 13.9. The van der Waals surface area contributed by atoms with Crippen LogP contribution >= 0.6 is 0 Å². The molecule has 36 heavy (non-hydrogen) atoms. The number of hydrogen-bond acceptors (Lipinski definition) is 7. The molecule has 16 heteroatoms. The third-order valence-corrected chi connectivity index (χ3v) is 5.41. The molecule has 1 aromatic carbocycles. The van der Waals surface area contributed by atoms with Gasteiger partial charge < -0.3 is 19.3 Å². The number of unbranched alkanes of at least 4 members (excludes halogenated alkanes) is 1. The van der Waals surface area contributed by atoms with E-state index in [4.69, 9.17) is 0 Å². The van der Waals surface area contributed by atoms with Gasteiger partial charge in [0.2, 0.25) is 0 Å². The molecule has 0 aliphatic rings. The van der Waals surface area contributed by atoms with E-state index < -0.39 is 83.1 Å². The fraction of sp³-hybridized carbons (Fsp3) is 0.500. The van der Waals surface area contributed by atoms with Gasteiger partial charge in [-0.3, -0.25) is 4.79 Å². The monoisotopic (exact) mass is 552 g/mol. The Hall–Kier alpha value is -2.72. The molecule has 204 valence electrons. The predicted molar refractivity (Wildman–Crippen MR) is 107 cm³/mol. The highest BCUT2D eigenvalue weighted by Gasteiger charge is 2.66. The van der Waals surface area contributed by atoms with E-state index in [1.54, 1.807) is 6.07 Å². The van der Waals surface area contributed by atoms with Crippen molar-refractivity contribution in [2.75, 3.05) is 6.61 Å². The van der Waals surface area contributed by atoms with Gasteiger partial charge in [0.25, 0.3) is 0 Å². The lowest BCUT2D eigenvalue weighted by Crippen LogP contribution is -2.61. The summed E-state index contributed by atoms with van der Waals surface area (Å²) in [5.74, 6) is -13.3. The first-order valence-electron chi connectivity index (χ1n) is 9.91. The van der Waals surface area contributed by atoms with Gasteiger partial charge in [0.1, 0.15) is 0 Å². The molecule has 0 aliphatic carbocycles. The van der Waals surface area contributed by atoms with Gasteiger partial charge >= 0.3 is 35.0 Å². The molecule has 1 amide bonds. The van der Waals surface area contributed by atoms with Crippen LogP contribution in [0.2, 0.25) is 0 Å². The summed E-state index contributed by atoms with van der Waals surface area (Å²) in [5.41, 5.74) is -0.201. The minimum absolute atomic E-state index is 0.352. The van der Waals surface area contributed by atoms with Crippen molar-refractivity contribution in [2.45, 2.75) is 55.9 Å². The molecular weight excluding hydrogens is 531 g/mol. The van der Waals surface area contributed by atoms with E-state index in [-0.39, 0.29) is 0 Å². The SMILES string of the molecule is C=C(C)C(=O)OC(OCCCCC(F)(F)C(F)(F)S(=O)(=O)[O-])(C(=O)NCc1ccccc1)C(F)(F)F. The Morgan fingerprint density at radius 3 is 2.06 bits per heavy atom. The zero-order valence-electron chi connectivity index (χ0n) is 18.5. The molecule has 1 unspecified atom stereocenters. The molecule has 0 fully saturated rings. The number of carbonyl (C=O) groups is 2. The van der Waals surface area contributed by atoms with Gasteiger partial charge in [-0.1, -0.05) is 36.9 Å². The Morgan fingerprint density at radius 1 is 1.03 bits per heavy atom. The van der Waals surface area contributed by atoms with Gasteiger partial charge in [0.15, 0.2) is 10.1 Å². The van der Waals surface area contributed by atoms with Crippen molar-refractivity contribution >= 4 is 22.0 Å². The summed E-state index contributed by atoms with van der Waals surface area (Å²) in [6, 6.07) is 7.54. The summed E-state index contributed by atoms with van der Waals surface area (Å²) in [7, 11) is -6.74. The lowest BCUT2D eigenvalue weighted by Gasteiger charge is -2.33. The molecule has 8 nitrogen and oxygen atoms in total. The lowest BCUT2D eigenvalue weighted by atomic mass is 10.1. The van der Waals surface area contributed by atoms with Crippen LogP contribution in [0, 0.1) is 0 Å². The first-order valence-corrected chi connectivity index (χ1v) is 11.3. The maximum Gasteiger partial charge on any atom is 0.466 e. The minimum Gasteiger partial charge on any atom is -0.743 e. The van der Waals surface area contributed by atoms with Crippen LogP contribution in [0.5, 0.6) is 0 Å². The van der Waals surface area contributed by atoms with Crippen LogP contribution in [-0.2, 0) is 35.7 Å². The second kappa shape index (κ2) is 11.6. The minimum atomic E-state index is -6.74. The van der Waals surface area contributed by atoms with Crippen molar-refractivity contribution in [3.8, 4) is 0 Å². The lowest BCUT2D eigenvalue weighted by molar-refractivity contribution is -0.347. The van der Waals surface area contributed by atoms with E-state index in [0.717, 1.165) is 6.92 Å². The van der Waals surface area contributed by atoms with E-state index in [1.165, 1.54) is 24.3 Å². The zero-order chi connectivity index (χ0) is 28.0. The molecule has 1 N–H and O–H groups in total. The predicted octanol–water partition coefficient (Wildman–Crippen LogP) is 3.64. The second-order valence-corrected chi connectivity index (χ2v) is 8.85. The standard InChI is InChI=1S/C20H22F7NO7S/c1-13(2)15(29)35-18(19(23,24)25,16(30)28-12-14-8-4-3-5-9-14)34-11-7-6-10-17(21,22)20(26,27)36(31,32)33/h3-5,8-9H,1,6-7,10-12H2,2H3,(H,28,30)(H,31,32,33)/p-1. The van der Waals surface area contributed by atoms with Crippen molar-refractivity contribution < 1.29 is 62.8 Å². The number of alkyl halides is 7. The maximum absolute atomic E-state index is 13.9. The first-order chi connectivity index (χ1) is 16.3. The Balaban J connectivity index is 3.04. The van der Waals surface area contributed by atoms with Crippen LogP contribution in [0.3, 0.4) is 0 Å². The number of nitrogens with one attached hydrogen (secondary N) is 1. The number of amides is 1. The van der Waals surface area contributed by atoms with Gasteiger partial charge in [0.05, 0.1) is 6.61 Å². The highest BCUT2D eigenvalue weighted by atomic mass is 32.2. The average Bonchev–Trinajstić information content (AvgIpc) is 2.75. The molecule has 0 aromatic heterocycles. The molecule has 0 spiro atoms. The van der Waals surface area contributed by atoms with Gasteiger partial charge in [0, 0.05) is 18.5 Å². The molecule has 1 atom stereocenters. The van der Waals surface area contributed by atoms with Gasteiger partial charge in [-0.25, -0.2) is 13.2 Å². The summed E-state index contributed by atoms with van der Waals surface area (Å²) in [6.45, 7) is 2.37. The van der Waals surface area contributed by atoms with Crippen molar-refractivity contribution in [1.29, 1.82) is 0 Å². The zero-order valence-corrected chi connectivity index (χ0v) is 19.4. The van der Waals surface area contributed by atoms with Gasteiger partial charge in [-0.2, -0.15) is 30.7 Å². The third kappa shape index (κ3) is 7.39. The molecule has 1 rings (SSSR count). The number of esters is 1. The Bertz CT molecular complexity index is 1050. The van der Waals surface area contributed by atoms with Crippen LogP contribution in [0.15, 0.2) is 42.5 Å². The van der Waals surface area contributed by atoms with E-state index >= 15 is 0 Å². The van der Waals surface area contributed by atoms with Crippen LogP contribution in [-0.4, -0.2) is 54.6 Å². The van der Waals surface area contributed by atoms with Crippen LogP contribution in [0.1, 0.15) is 31.7 Å². The topological polar surface area (TPSA) is 122 Å². The van der Waals surface area contributed by atoms with E-state index in [0.29, 0.717) is 5.56 Å². The van der Waals surface area contributed by atoms with Gasteiger partial charge in [-0.15, -0.1) is 0 Å². The molecule has 0 saturated carbocycles. The molecular formula is C20H21F7NO7S-. The summed E-state index contributed by atoms with van der Waals surface area (Å²) < 4.78 is 135. The molecule has 0 bridgehead atoms. The summed E-state index contributed by atoms with van der Waals surface area (Å²) in [5, 5.41) is -4.09. The fourth-order valence-electron chi connectivity index (χ4n) is 2.52. The van der Waals surface area contributed by atoms with Crippen LogP contribution in [0.4, 0.5) is 30.7 Å². The van der Waals surface area contributed by atoms with E-state index in [9.17, 15) is 53.3 Å². The second-order valence-electron chi connectivity index (χ2n) is 7.43. The number of benzene rings is 1. The number of halogens is 7. The van der Waals surface area contributed by atoms with Crippen LogP contribution < -0.4 is 5.32 Å². The molecule has 0 saturated heterocycles. The van der Waals surface area contributed by atoms with Crippen molar-refractivity contribution in [2.24, 2.45) is 0 Å². The molecule has 0 aliphatic heterocycles. The number of carbonyl (C=O) groups excluding carboxylic acids is 2. The molecule has 0 radical (unpaired) electrons. The van der Waals surface area contributed by atoms with Gasteiger partial charge in [-0.05, 0) is 25.3 Å². The fourth-order valence-corrected chi connectivity index (χ4v) is 2.98. The van der Waals surface area contributed by atoms with Crippen molar-refractivity contribution in [3.05, 3.63) is 48.0 Å². The highest BCUT2D eigenvalue weighted by molar-refractivity contribution is 7.86. The van der Waals surface area contributed by atoms with Crippen molar-refractivity contribution in [1.82, 2.24) is 5.32 Å². The normalized spacial score (nSPS) is 14.6. The number of hydrogen-bond donors (Lipinski definition) is 1. The Labute approximate surface area is 201 Å². The Morgan fingerprint density at radius 2 is 1.58 bits per heavy atom. The number of ether oxygens (including phenoxy) is 2. The number of rotatable bonds is 13. The van der Waals surface area contributed by atoms with Crippen LogP contribution in [0.25, 0.3) is 0 Å². The first kappa shape index (κ1) is 31.3. The third-order valence-electron chi connectivity index (χ3n) is 4.48. The smallest absolute Gasteiger partial charge is 0.466 e. The Kier molecular flexibility index (Phi) is 10.1. The van der Waals surface area contributed by atoms with E-state index in [2.05, 4.69) is 16.1 Å². The summed E-state index contributed by atoms with van der Waals surface area (Å²) in [6.07, 6.45) is -9.55. The highest BCUT2D eigenvalue weighted by Crippen LogP contribution is 2.42. The average molecular weight is 552 g/mol.